The van der Waals surface area contributed by atoms with E-state index in [0.717, 1.165) is 18.3 Å². The molecule has 0 N–H and O–H groups in total. The number of rotatable bonds is 1. The molecular weight excluding hydrogens is 300 g/mol. The van der Waals surface area contributed by atoms with Crippen LogP contribution in [0.1, 0.15) is 71.4 Å². The second kappa shape index (κ2) is 6.09. The van der Waals surface area contributed by atoms with Gasteiger partial charge in [-0.15, -0.1) is 0 Å². The van der Waals surface area contributed by atoms with Crippen molar-refractivity contribution in [3.8, 4) is 5.75 Å². The Kier molecular flexibility index (Phi) is 4.39. The van der Waals surface area contributed by atoms with Crippen molar-refractivity contribution in [1.82, 2.24) is 0 Å². The fraction of sp³-hybridized carbons (Fsp3) is 0.667. The standard InChI is InChI=1S/C21H30O3/c1-14-7-6-12-21(5)17(14)11-9-15-8-10-16(13-18(15)21)23-19(22)24-20(2,3)4/h8,10,13-14,17H,6-7,9,11-12H2,1-5H3. The Balaban J connectivity index is 1.86. The van der Waals surface area contributed by atoms with Crippen LogP contribution in [0.15, 0.2) is 18.2 Å². The highest BCUT2D eigenvalue weighted by atomic mass is 16.7. The maximum absolute atomic E-state index is 12.0. The van der Waals surface area contributed by atoms with Crippen LogP contribution in [-0.2, 0) is 16.6 Å². The van der Waals surface area contributed by atoms with E-state index in [9.17, 15) is 4.79 Å². The Hall–Kier alpha value is -1.51. The molecule has 1 aromatic carbocycles. The molecule has 1 fully saturated rings. The molecule has 0 amide bonds. The van der Waals surface area contributed by atoms with E-state index in [4.69, 9.17) is 9.47 Å². The van der Waals surface area contributed by atoms with Crippen LogP contribution in [0.3, 0.4) is 0 Å². The first-order valence-corrected chi connectivity index (χ1v) is 9.23. The fourth-order valence-electron chi connectivity index (χ4n) is 4.79. The van der Waals surface area contributed by atoms with Gasteiger partial charge in [-0.1, -0.05) is 32.8 Å². The number of aryl methyl sites for hydroxylation is 1. The van der Waals surface area contributed by atoms with E-state index in [-0.39, 0.29) is 5.41 Å². The Morgan fingerprint density at radius 2 is 2.00 bits per heavy atom. The van der Waals surface area contributed by atoms with Gasteiger partial charge in [0, 0.05) is 0 Å². The van der Waals surface area contributed by atoms with E-state index >= 15 is 0 Å². The molecule has 0 heterocycles. The van der Waals surface area contributed by atoms with E-state index in [1.54, 1.807) is 0 Å². The van der Waals surface area contributed by atoms with Gasteiger partial charge in [-0.2, -0.15) is 0 Å². The first-order valence-electron chi connectivity index (χ1n) is 9.23. The van der Waals surface area contributed by atoms with Crippen LogP contribution < -0.4 is 4.74 Å². The third-order valence-corrected chi connectivity index (χ3v) is 5.87. The van der Waals surface area contributed by atoms with Crippen molar-refractivity contribution in [1.29, 1.82) is 0 Å². The van der Waals surface area contributed by atoms with Crippen LogP contribution in [0.4, 0.5) is 4.79 Å². The maximum Gasteiger partial charge on any atom is 0.514 e. The summed E-state index contributed by atoms with van der Waals surface area (Å²) in [7, 11) is 0. The molecule has 1 saturated carbocycles. The molecule has 132 valence electrons. The van der Waals surface area contributed by atoms with Crippen LogP contribution in [0.2, 0.25) is 0 Å². The Bertz CT molecular complexity index is 628. The smallest absolute Gasteiger partial charge is 0.428 e. The van der Waals surface area contributed by atoms with Gasteiger partial charge in [0.1, 0.15) is 11.4 Å². The molecule has 3 nitrogen and oxygen atoms in total. The highest BCUT2D eigenvalue weighted by Crippen LogP contribution is 2.52. The quantitative estimate of drug-likeness (QED) is 0.494. The Labute approximate surface area is 145 Å². The summed E-state index contributed by atoms with van der Waals surface area (Å²) < 4.78 is 10.7. The first kappa shape index (κ1) is 17.3. The maximum atomic E-state index is 12.0. The van der Waals surface area contributed by atoms with Gasteiger partial charge in [-0.25, -0.2) is 4.79 Å². The summed E-state index contributed by atoms with van der Waals surface area (Å²) in [5.41, 5.74) is 2.46. The van der Waals surface area contributed by atoms with Crippen molar-refractivity contribution in [3.05, 3.63) is 29.3 Å². The van der Waals surface area contributed by atoms with Gasteiger partial charge in [0.2, 0.25) is 0 Å². The van der Waals surface area contributed by atoms with Gasteiger partial charge in [-0.3, -0.25) is 0 Å². The first-order chi connectivity index (χ1) is 11.2. The second-order valence-corrected chi connectivity index (χ2v) is 8.82. The topological polar surface area (TPSA) is 35.5 Å². The van der Waals surface area contributed by atoms with Gasteiger partial charge < -0.3 is 9.47 Å². The summed E-state index contributed by atoms with van der Waals surface area (Å²) >= 11 is 0. The minimum atomic E-state index is -0.628. The van der Waals surface area contributed by atoms with Gasteiger partial charge in [0.05, 0.1) is 0 Å². The summed E-state index contributed by atoms with van der Waals surface area (Å²) in [6, 6.07) is 6.12. The van der Waals surface area contributed by atoms with E-state index in [1.807, 2.05) is 26.8 Å². The fourth-order valence-corrected chi connectivity index (χ4v) is 4.79. The number of carbonyl (C=O) groups is 1. The van der Waals surface area contributed by atoms with Crippen molar-refractivity contribution >= 4 is 6.16 Å². The number of hydrogen-bond donors (Lipinski definition) is 0. The van der Waals surface area contributed by atoms with Crippen LogP contribution in [0, 0.1) is 11.8 Å². The van der Waals surface area contributed by atoms with Gasteiger partial charge in [0.15, 0.2) is 0 Å². The monoisotopic (exact) mass is 330 g/mol. The lowest BCUT2D eigenvalue weighted by Crippen LogP contribution is -2.43. The van der Waals surface area contributed by atoms with E-state index < -0.39 is 11.8 Å². The number of fused-ring (bicyclic) bond motifs is 3. The third-order valence-electron chi connectivity index (χ3n) is 5.87. The number of carbonyl (C=O) groups excluding carboxylic acids is 1. The van der Waals surface area contributed by atoms with Crippen molar-refractivity contribution in [2.75, 3.05) is 0 Å². The molecule has 0 radical (unpaired) electrons. The molecule has 3 unspecified atom stereocenters. The zero-order chi connectivity index (χ0) is 17.5. The lowest BCUT2D eigenvalue weighted by Gasteiger charge is -2.49. The summed E-state index contributed by atoms with van der Waals surface area (Å²) in [5, 5.41) is 0. The molecule has 0 saturated heterocycles. The molecule has 0 spiro atoms. The highest BCUT2D eigenvalue weighted by molar-refractivity contribution is 5.64. The lowest BCUT2D eigenvalue weighted by molar-refractivity contribution is 0.0205. The molecule has 0 bridgehead atoms. The molecule has 2 aliphatic carbocycles. The summed E-state index contributed by atoms with van der Waals surface area (Å²) in [6.45, 7) is 10.3. The third kappa shape index (κ3) is 3.31. The Morgan fingerprint density at radius 3 is 2.71 bits per heavy atom. The summed E-state index contributed by atoms with van der Waals surface area (Å²) in [5.74, 6) is 2.10. The van der Waals surface area contributed by atoms with E-state index in [2.05, 4.69) is 26.0 Å². The van der Waals surface area contributed by atoms with Crippen LogP contribution in [0.5, 0.6) is 5.75 Å². The van der Waals surface area contributed by atoms with Gasteiger partial charge in [-0.05, 0) is 80.5 Å². The van der Waals surface area contributed by atoms with Crippen molar-refractivity contribution in [2.24, 2.45) is 11.8 Å². The number of benzene rings is 1. The zero-order valence-corrected chi connectivity index (χ0v) is 15.6. The molecule has 1 aromatic rings. The predicted octanol–water partition coefficient (Wildman–Crippen LogP) is 5.64. The van der Waals surface area contributed by atoms with E-state index in [1.165, 1.54) is 36.8 Å². The number of hydrogen-bond acceptors (Lipinski definition) is 3. The highest BCUT2D eigenvalue weighted by Gasteiger charge is 2.44. The van der Waals surface area contributed by atoms with Gasteiger partial charge in [0.25, 0.3) is 0 Å². The molecule has 3 heteroatoms. The molecule has 2 aliphatic rings. The SMILES string of the molecule is CC1CCCC2(C)c3cc(OC(=O)OC(C)(C)C)ccc3CCC12. The second-order valence-electron chi connectivity index (χ2n) is 8.82. The van der Waals surface area contributed by atoms with Crippen molar-refractivity contribution < 1.29 is 14.3 Å². The van der Waals surface area contributed by atoms with Crippen LogP contribution in [-0.4, -0.2) is 11.8 Å². The average Bonchev–Trinajstić information content (AvgIpc) is 2.45. The van der Waals surface area contributed by atoms with Crippen molar-refractivity contribution in [3.63, 3.8) is 0 Å². The minimum Gasteiger partial charge on any atom is -0.428 e. The minimum absolute atomic E-state index is 0.207. The molecular formula is C21H30O3. The molecule has 3 atom stereocenters. The lowest BCUT2D eigenvalue weighted by atomic mass is 9.55. The largest absolute Gasteiger partial charge is 0.514 e. The van der Waals surface area contributed by atoms with Crippen LogP contribution >= 0.6 is 0 Å². The van der Waals surface area contributed by atoms with Gasteiger partial charge >= 0.3 is 6.16 Å². The molecule has 24 heavy (non-hydrogen) atoms. The molecule has 3 rings (SSSR count). The van der Waals surface area contributed by atoms with E-state index in [0.29, 0.717) is 5.75 Å². The number of ether oxygens (including phenoxy) is 2. The average molecular weight is 330 g/mol. The van der Waals surface area contributed by atoms with Crippen LogP contribution in [0.25, 0.3) is 0 Å². The summed E-state index contributed by atoms with van der Waals surface area (Å²) in [4.78, 5) is 12.0. The zero-order valence-electron chi connectivity index (χ0n) is 15.6. The predicted molar refractivity (Wildman–Crippen MR) is 95.5 cm³/mol. The molecule has 0 aromatic heterocycles. The molecule has 0 aliphatic heterocycles. The summed E-state index contributed by atoms with van der Waals surface area (Å²) in [6.07, 6.45) is 5.63. The van der Waals surface area contributed by atoms with Crippen molar-refractivity contribution in [2.45, 2.75) is 77.7 Å². The Morgan fingerprint density at radius 1 is 1.25 bits per heavy atom. The normalized spacial score (nSPS) is 29.4.